The molecule has 0 saturated carbocycles. The number of rotatable bonds is 5. The summed E-state index contributed by atoms with van der Waals surface area (Å²) in [7, 11) is 0. The van der Waals surface area contributed by atoms with Crippen LogP contribution in [-0.4, -0.2) is 18.5 Å². The minimum absolute atomic E-state index is 0.325. The average Bonchev–Trinajstić information content (AvgIpc) is 2.86. The summed E-state index contributed by atoms with van der Waals surface area (Å²) in [5.74, 6) is -0.901. The van der Waals surface area contributed by atoms with Gasteiger partial charge in [-0.1, -0.05) is 12.1 Å². The third-order valence-electron chi connectivity index (χ3n) is 3.12. The van der Waals surface area contributed by atoms with Crippen LogP contribution < -0.4 is 5.32 Å². The Morgan fingerprint density at radius 2 is 1.96 bits per heavy atom. The van der Waals surface area contributed by atoms with Crippen LogP contribution in [-0.2, 0) is 16.0 Å². The normalized spacial score (nSPS) is 9.96. The zero-order valence-electron chi connectivity index (χ0n) is 12.9. The molecule has 0 saturated heterocycles. The number of thiophene rings is 1. The van der Waals surface area contributed by atoms with Gasteiger partial charge in [0.15, 0.2) is 6.61 Å². The van der Waals surface area contributed by atoms with Crippen LogP contribution in [0, 0.1) is 25.2 Å². The molecule has 0 aliphatic carbocycles. The smallest absolute Gasteiger partial charge is 0.339 e. The molecule has 1 heterocycles. The van der Waals surface area contributed by atoms with E-state index in [1.54, 1.807) is 30.3 Å². The van der Waals surface area contributed by atoms with Crippen LogP contribution in [0.2, 0.25) is 0 Å². The molecule has 0 atom stereocenters. The highest BCUT2D eigenvalue weighted by Gasteiger charge is 2.15. The van der Waals surface area contributed by atoms with Crippen LogP contribution in [0.4, 0.5) is 5.69 Å². The second-order valence-electron chi connectivity index (χ2n) is 4.98. The Balaban J connectivity index is 1.86. The molecule has 118 valence electrons. The number of esters is 1. The van der Waals surface area contributed by atoms with E-state index in [4.69, 9.17) is 10.00 Å². The largest absolute Gasteiger partial charge is 0.452 e. The van der Waals surface area contributed by atoms with E-state index in [0.29, 0.717) is 17.7 Å². The molecule has 1 aromatic heterocycles. The van der Waals surface area contributed by atoms with Gasteiger partial charge in [-0.2, -0.15) is 5.26 Å². The van der Waals surface area contributed by atoms with Crippen LogP contribution in [0.15, 0.2) is 30.3 Å². The van der Waals surface area contributed by atoms with Crippen molar-refractivity contribution < 1.29 is 14.3 Å². The zero-order valence-corrected chi connectivity index (χ0v) is 13.7. The molecule has 1 amide bonds. The van der Waals surface area contributed by atoms with Crippen LogP contribution in [0.5, 0.6) is 0 Å². The first-order valence-corrected chi connectivity index (χ1v) is 7.81. The summed E-state index contributed by atoms with van der Waals surface area (Å²) in [5, 5.41) is 11.2. The quantitative estimate of drug-likeness (QED) is 0.855. The maximum atomic E-state index is 11.9. The standard InChI is InChI=1S/C17H16N2O3S/c1-11-9-15(12(2)23-11)17(21)22-10-16(20)19-14-5-3-13(4-6-14)7-8-18/h3-6,9H,7,10H2,1-2H3,(H,19,20). The van der Waals surface area contributed by atoms with Gasteiger partial charge in [-0.25, -0.2) is 4.79 Å². The van der Waals surface area contributed by atoms with Gasteiger partial charge in [0.2, 0.25) is 0 Å². The molecule has 0 aliphatic heterocycles. The van der Waals surface area contributed by atoms with E-state index in [1.165, 1.54) is 11.3 Å². The molecular weight excluding hydrogens is 312 g/mol. The van der Waals surface area contributed by atoms with Gasteiger partial charge in [0, 0.05) is 15.4 Å². The molecule has 2 rings (SSSR count). The van der Waals surface area contributed by atoms with E-state index in [1.807, 2.05) is 13.8 Å². The van der Waals surface area contributed by atoms with Crippen molar-refractivity contribution in [1.82, 2.24) is 0 Å². The van der Waals surface area contributed by atoms with Gasteiger partial charge in [0.25, 0.3) is 5.91 Å². The van der Waals surface area contributed by atoms with Gasteiger partial charge >= 0.3 is 5.97 Å². The van der Waals surface area contributed by atoms with Crippen molar-refractivity contribution in [1.29, 1.82) is 5.26 Å². The fourth-order valence-corrected chi connectivity index (χ4v) is 2.95. The van der Waals surface area contributed by atoms with Crippen molar-refractivity contribution >= 4 is 28.9 Å². The molecule has 0 bridgehead atoms. The predicted molar refractivity (Wildman–Crippen MR) is 88.5 cm³/mol. The number of hydrogen-bond acceptors (Lipinski definition) is 5. The van der Waals surface area contributed by atoms with Crippen LogP contribution in [0.1, 0.15) is 25.7 Å². The Hall–Kier alpha value is -2.65. The number of benzene rings is 1. The summed E-state index contributed by atoms with van der Waals surface area (Å²) in [6, 6.07) is 10.8. The zero-order chi connectivity index (χ0) is 16.8. The number of amides is 1. The molecule has 5 nitrogen and oxygen atoms in total. The summed E-state index contributed by atoms with van der Waals surface area (Å²) in [5.41, 5.74) is 1.97. The lowest BCUT2D eigenvalue weighted by atomic mass is 10.1. The van der Waals surface area contributed by atoms with Gasteiger partial charge in [-0.05, 0) is 37.6 Å². The van der Waals surface area contributed by atoms with Crippen molar-refractivity contribution in [3.8, 4) is 6.07 Å². The monoisotopic (exact) mass is 328 g/mol. The Kier molecular flexibility index (Phi) is 5.50. The number of aryl methyl sites for hydroxylation is 2. The lowest BCUT2D eigenvalue weighted by Crippen LogP contribution is -2.21. The second-order valence-corrected chi connectivity index (χ2v) is 6.44. The number of hydrogen-bond donors (Lipinski definition) is 1. The Morgan fingerprint density at radius 3 is 2.52 bits per heavy atom. The summed E-state index contributed by atoms with van der Waals surface area (Å²) in [6.07, 6.45) is 0.325. The number of carbonyl (C=O) groups excluding carboxylic acids is 2. The first kappa shape index (κ1) is 16.7. The highest BCUT2D eigenvalue weighted by molar-refractivity contribution is 7.12. The summed E-state index contributed by atoms with van der Waals surface area (Å²) in [6.45, 7) is 3.42. The topological polar surface area (TPSA) is 79.2 Å². The van der Waals surface area contributed by atoms with Gasteiger partial charge < -0.3 is 10.1 Å². The molecule has 23 heavy (non-hydrogen) atoms. The summed E-state index contributed by atoms with van der Waals surface area (Å²) < 4.78 is 5.03. The molecule has 1 aromatic carbocycles. The third-order valence-corrected chi connectivity index (χ3v) is 4.08. The fraction of sp³-hybridized carbons (Fsp3) is 0.235. The minimum Gasteiger partial charge on any atom is -0.452 e. The summed E-state index contributed by atoms with van der Waals surface area (Å²) in [4.78, 5) is 25.6. The Bertz CT molecular complexity index is 757. The number of nitrogens with one attached hydrogen (secondary N) is 1. The highest BCUT2D eigenvalue weighted by Crippen LogP contribution is 2.21. The molecule has 0 spiro atoms. The van der Waals surface area contributed by atoms with Crippen molar-refractivity contribution in [3.63, 3.8) is 0 Å². The molecule has 0 radical (unpaired) electrons. The van der Waals surface area contributed by atoms with Crippen LogP contribution in [0.25, 0.3) is 0 Å². The molecule has 0 aliphatic rings. The second kappa shape index (κ2) is 7.56. The van der Waals surface area contributed by atoms with Crippen LogP contribution in [0.3, 0.4) is 0 Å². The van der Waals surface area contributed by atoms with Crippen molar-refractivity contribution in [2.45, 2.75) is 20.3 Å². The van der Waals surface area contributed by atoms with Crippen molar-refractivity contribution in [2.24, 2.45) is 0 Å². The first-order valence-electron chi connectivity index (χ1n) is 6.99. The van der Waals surface area contributed by atoms with Crippen molar-refractivity contribution in [3.05, 3.63) is 51.2 Å². The molecule has 0 fully saturated rings. The highest BCUT2D eigenvalue weighted by atomic mass is 32.1. The SMILES string of the molecule is Cc1cc(C(=O)OCC(=O)Nc2ccc(CC#N)cc2)c(C)s1. The van der Waals surface area contributed by atoms with Crippen LogP contribution >= 0.6 is 11.3 Å². The number of anilines is 1. The average molecular weight is 328 g/mol. The number of carbonyl (C=O) groups is 2. The predicted octanol–water partition coefficient (Wildman–Crippen LogP) is 3.23. The Morgan fingerprint density at radius 1 is 1.26 bits per heavy atom. The van der Waals surface area contributed by atoms with E-state index in [-0.39, 0.29) is 6.61 Å². The third kappa shape index (κ3) is 4.66. The molecule has 1 N–H and O–H groups in total. The van der Waals surface area contributed by atoms with E-state index >= 15 is 0 Å². The maximum absolute atomic E-state index is 11.9. The molecule has 6 heteroatoms. The molecule has 2 aromatic rings. The first-order chi connectivity index (χ1) is 11.0. The minimum atomic E-state index is -0.494. The number of nitriles is 1. The van der Waals surface area contributed by atoms with Gasteiger partial charge in [0.1, 0.15) is 0 Å². The summed E-state index contributed by atoms with van der Waals surface area (Å²) >= 11 is 1.52. The van der Waals surface area contributed by atoms with Gasteiger partial charge in [-0.3, -0.25) is 4.79 Å². The lowest BCUT2D eigenvalue weighted by molar-refractivity contribution is -0.119. The molecular formula is C17H16N2O3S. The number of nitrogens with zero attached hydrogens (tertiary/aromatic N) is 1. The Labute approximate surface area is 138 Å². The fourth-order valence-electron chi connectivity index (χ4n) is 2.04. The van der Waals surface area contributed by atoms with E-state index < -0.39 is 11.9 Å². The maximum Gasteiger partial charge on any atom is 0.339 e. The van der Waals surface area contributed by atoms with Gasteiger partial charge in [0.05, 0.1) is 18.1 Å². The lowest BCUT2D eigenvalue weighted by Gasteiger charge is -2.07. The number of ether oxygens (including phenoxy) is 1. The van der Waals surface area contributed by atoms with Crippen molar-refractivity contribution in [2.75, 3.05) is 11.9 Å². The van der Waals surface area contributed by atoms with E-state index in [2.05, 4.69) is 11.4 Å². The van der Waals surface area contributed by atoms with Gasteiger partial charge in [-0.15, -0.1) is 11.3 Å². The van der Waals surface area contributed by atoms with E-state index in [9.17, 15) is 9.59 Å². The van der Waals surface area contributed by atoms with E-state index in [0.717, 1.165) is 15.3 Å². The molecule has 0 unspecified atom stereocenters.